The van der Waals surface area contributed by atoms with Crippen molar-refractivity contribution in [1.82, 2.24) is 0 Å². The maximum Gasteiger partial charge on any atom is 0.115 e. The van der Waals surface area contributed by atoms with Crippen molar-refractivity contribution >= 4 is 0 Å². The summed E-state index contributed by atoms with van der Waals surface area (Å²) in [5, 5.41) is 80.0. The first-order chi connectivity index (χ1) is 14.5. The Morgan fingerprint density at radius 2 is 1.55 bits per heavy atom. The summed E-state index contributed by atoms with van der Waals surface area (Å²) in [5.74, 6) is 0. The second-order valence-corrected chi connectivity index (χ2v) is 8.32. The van der Waals surface area contributed by atoms with E-state index in [-0.39, 0.29) is 12.5 Å². The van der Waals surface area contributed by atoms with E-state index < -0.39 is 80.4 Å². The summed E-state index contributed by atoms with van der Waals surface area (Å²) in [6, 6.07) is 0. The van der Waals surface area contributed by atoms with Crippen LogP contribution >= 0.6 is 0 Å². The molecule has 1 fully saturated rings. The molecule has 8 N–H and O–H groups in total. The maximum atomic E-state index is 11.0. The molecule has 0 amide bonds. The van der Waals surface area contributed by atoms with Crippen LogP contribution < -0.4 is 0 Å². The second kappa shape index (κ2) is 12.7. The highest BCUT2D eigenvalue weighted by Crippen LogP contribution is 2.36. The lowest BCUT2D eigenvalue weighted by atomic mass is 9.83. The molecule has 0 spiro atoms. The van der Waals surface area contributed by atoms with Crippen molar-refractivity contribution in [3.8, 4) is 0 Å². The average Bonchev–Trinajstić information content (AvgIpc) is 2.78. The van der Waals surface area contributed by atoms with Crippen LogP contribution in [0.1, 0.15) is 40.5 Å². The molecular formula is C20H40O11. The van der Waals surface area contributed by atoms with E-state index in [1.54, 1.807) is 13.8 Å². The fourth-order valence-corrected chi connectivity index (χ4v) is 3.59. The summed E-state index contributed by atoms with van der Waals surface area (Å²) < 4.78 is 17.4. The number of ether oxygens (including phenoxy) is 3. The Bertz CT molecular complexity index is 510. The van der Waals surface area contributed by atoms with E-state index in [0.717, 1.165) is 0 Å². The molecule has 1 heterocycles. The molecule has 0 bridgehead atoms. The van der Waals surface area contributed by atoms with Crippen LogP contribution in [-0.4, -0.2) is 127 Å². The predicted molar refractivity (Wildman–Crippen MR) is 108 cm³/mol. The van der Waals surface area contributed by atoms with Crippen LogP contribution in [0.15, 0.2) is 0 Å². The monoisotopic (exact) mass is 456 g/mol. The van der Waals surface area contributed by atoms with Crippen molar-refractivity contribution in [3.63, 3.8) is 0 Å². The van der Waals surface area contributed by atoms with Crippen LogP contribution in [0.2, 0.25) is 0 Å². The molecule has 11 nitrogen and oxygen atoms in total. The molecule has 1 saturated heterocycles. The highest BCUT2D eigenvalue weighted by molar-refractivity contribution is 5.02. The molecule has 0 radical (unpaired) electrons. The van der Waals surface area contributed by atoms with Gasteiger partial charge in [0, 0.05) is 0 Å². The smallest absolute Gasteiger partial charge is 0.115 e. The van der Waals surface area contributed by atoms with Gasteiger partial charge in [-0.25, -0.2) is 0 Å². The Labute approximate surface area is 182 Å². The highest BCUT2D eigenvalue weighted by atomic mass is 16.6. The third-order valence-electron chi connectivity index (χ3n) is 6.02. The van der Waals surface area contributed by atoms with Gasteiger partial charge in [0.15, 0.2) is 0 Å². The van der Waals surface area contributed by atoms with Gasteiger partial charge in [0.05, 0.1) is 31.5 Å². The van der Waals surface area contributed by atoms with Gasteiger partial charge in [-0.3, -0.25) is 0 Å². The Kier molecular flexibility index (Phi) is 11.7. The lowest BCUT2D eigenvalue weighted by molar-refractivity contribution is -0.304. The number of hydrogen-bond donors (Lipinski definition) is 8. The molecule has 11 atom stereocenters. The zero-order chi connectivity index (χ0) is 23.9. The molecule has 1 aliphatic rings. The minimum absolute atomic E-state index is 0.176. The second-order valence-electron chi connectivity index (χ2n) is 8.32. The summed E-state index contributed by atoms with van der Waals surface area (Å²) >= 11 is 0. The Hall–Kier alpha value is -0.440. The van der Waals surface area contributed by atoms with Crippen LogP contribution in [0.4, 0.5) is 0 Å². The van der Waals surface area contributed by atoms with Crippen molar-refractivity contribution in [2.24, 2.45) is 0 Å². The zero-order valence-corrected chi connectivity index (χ0v) is 18.6. The van der Waals surface area contributed by atoms with E-state index >= 15 is 0 Å². The van der Waals surface area contributed by atoms with Crippen LogP contribution in [0.5, 0.6) is 0 Å². The predicted octanol–water partition coefficient (Wildman–Crippen LogP) is -2.73. The van der Waals surface area contributed by atoms with E-state index in [1.165, 1.54) is 6.92 Å². The standard InChI is InChI=1S/C20H40O11/c1-5-10(3)29-18-15(27)13(9-23)30-19(16(18)28)20(4,6-2)31-17(12(25)8-22)14(26)11(24)7-21/h10-19,21-28H,5-9H2,1-4H3/t10?,11?,12-,13?,14+,15+,16?,17?,18-,19+,20?/m0/s1. The molecule has 0 aliphatic carbocycles. The van der Waals surface area contributed by atoms with E-state index in [4.69, 9.17) is 19.3 Å². The molecule has 0 aromatic carbocycles. The van der Waals surface area contributed by atoms with Gasteiger partial charge >= 0.3 is 0 Å². The fourth-order valence-electron chi connectivity index (χ4n) is 3.59. The SMILES string of the molecule is CCC(C)O[C@@H]1C(O)[C@H](C(C)(CC)OC([C@H](O)C(O)CO)[C@@H](O)CO)OC(CO)[C@H]1O. The Balaban J connectivity index is 3.26. The molecule has 1 aliphatic heterocycles. The number of aliphatic hydroxyl groups excluding tert-OH is 8. The molecule has 0 aromatic heterocycles. The van der Waals surface area contributed by atoms with Crippen LogP contribution in [0.3, 0.4) is 0 Å². The maximum absolute atomic E-state index is 11.0. The van der Waals surface area contributed by atoms with Gasteiger partial charge in [-0.15, -0.1) is 0 Å². The molecule has 31 heavy (non-hydrogen) atoms. The Morgan fingerprint density at radius 3 is 2.00 bits per heavy atom. The van der Waals surface area contributed by atoms with Gasteiger partial charge in [0.25, 0.3) is 0 Å². The highest BCUT2D eigenvalue weighted by Gasteiger charge is 2.53. The van der Waals surface area contributed by atoms with Crippen LogP contribution in [0.25, 0.3) is 0 Å². The summed E-state index contributed by atoms with van der Waals surface area (Å²) in [6.07, 6.45) is -12.2. The zero-order valence-electron chi connectivity index (χ0n) is 18.6. The lowest BCUT2D eigenvalue weighted by Gasteiger charge is -2.50. The van der Waals surface area contributed by atoms with Gasteiger partial charge in [-0.1, -0.05) is 13.8 Å². The van der Waals surface area contributed by atoms with Gasteiger partial charge in [-0.2, -0.15) is 0 Å². The molecular weight excluding hydrogens is 416 g/mol. The van der Waals surface area contributed by atoms with Gasteiger partial charge in [0.2, 0.25) is 0 Å². The summed E-state index contributed by atoms with van der Waals surface area (Å²) in [7, 11) is 0. The fraction of sp³-hybridized carbons (Fsp3) is 1.00. The van der Waals surface area contributed by atoms with Crippen LogP contribution in [0, 0.1) is 0 Å². The largest absolute Gasteiger partial charge is 0.394 e. The van der Waals surface area contributed by atoms with E-state index in [9.17, 15) is 35.7 Å². The third kappa shape index (κ3) is 6.78. The molecule has 1 rings (SSSR count). The number of hydrogen-bond acceptors (Lipinski definition) is 11. The molecule has 6 unspecified atom stereocenters. The van der Waals surface area contributed by atoms with Gasteiger partial charge in [0.1, 0.15) is 54.9 Å². The first kappa shape index (κ1) is 28.6. The summed E-state index contributed by atoms with van der Waals surface area (Å²) in [6.45, 7) is 4.70. The quantitative estimate of drug-likeness (QED) is 0.144. The van der Waals surface area contributed by atoms with Gasteiger partial charge in [-0.05, 0) is 26.7 Å². The van der Waals surface area contributed by atoms with Crippen molar-refractivity contribution in [2.45, 2.75) is 107 Å². The Morgan fingerprint density at radius 1 is 0.968 bits per heavy atom. The van der Waals surface area contributed by atoms with Crippen molar-refractivity contribution < 1.29 is 55.1 Å². The number of aliphatic hydroxyl groups is 8. The normalized spacial score (nSPS) is 33.9. The van der Waals surface area contributed by atoms with E-state index in [0.29, 0.717) is 6.42 Å². The topological polar surface area (TPSA) is 190 Å². The summed E-state index contributed by atoms with van der Waals surface area (Å²) in [5.41, 5.74) is -1.42. The van der Waals surface area contributed by atoms with Gasteiger partial charge < -0.3 is 55.1 Å². The molecule has 0 saturated carbocycles. The van der Waals surface area contributed by atoms with Crippen molar-refractivity contribution in [3.05, 3.63) is 0 Å². The molecule has 186 valence electrons. The third-order valence-corrected chi connectivity index (χ3v) is 6.02. The minimum atomic E-state index is -1.76. The van der Waals surface area contributed by atoms with Crippen molar-refractivity contribution in [2.75, 3.05) is 19.8 Å². The summed E-state index contributed by atoms with van der Waals surface area (Å²) in [4.78, 5) is 0. The first-order valence-corrected chi connectivity index (χ1v) is 10.7. The molecule has 0 aromatic rings. The average molecular weight is 457 g/mol. The lowest BCUT2D eigenvalue weighted by Crippen LogP contribution is -2.67. The van der Waals surface area contributed by atoms with E-state index in [1.807, 2.05) is 6.92 Å². The first-order valence-electron chi connectivity index (χ1n) is 10.7. The molecule has 11 heteroatoms. The van der Waals surface area contributed by atoms with Crippen LogP contribution in [-0.2, 0) is 14.2 Å². The number of rotatable bonds is 13. The van der Waals surface area contributed by atoms with E-state index in [2.05, 4.69) is 0 Å². The minimum Gasteiger partial charge on any atom is -0.394 e. The van der Waals surface area contributed by atoms with Crippen molar-refractivity contribution in [1.29, 1.82) is 0 Å².